The van der Waals surface area contributed by atoms with Crippen LogP contribution < -0.4 is 4.74 Å². The van der Waals surface area contributed by atoms with Gasteiger partial charge in [0.05, 0.1) is 24.7 Å². The van der Waals surface area contributed by atoms with Crippen molar-refractivity contribution in [3.63, 3.8) is 0 Å². The number of hydrogen-bond donors (Lipinski definition) is 0. The third kappa shape index (κ3) is 4.32. The number of nitrogens with zero attached hydrogens (tertiary/aromatic N) is 4. The van der Waals surface area contributed by atoms with Crippen LogP contribution in [0, 0.1) is 0 Å². The second-order valence-electron chi connectivity index (χ2n) is 7.47. The number of benzene rings is 2. The van der Waals surface area contributed by atoms with Crippen LogP contribution in [0.15, 0.2) is 42.5 Å². The Balaban J connectivity index is 1.38. The number of fused-ring (bicyclic) bond motifs is 1. The highest BCUT2D eigenvalue weighted by Crippen LogP contribution is 2.21. The predicted octanol–water partition coefficient (Wildman–Crippen LogP) is 3.94. The lowest BCUT2D eigenvalue weighted by Gasteiger charge is -2.21. The molecule has 4 rings (SSSR count). The van der Waals surface area contributed by atoms with Crippen LogP contribution in [0.1, 0.15) is 17.8 Å². The number of methoxy groups -OCH3 is 1. The molecule has 0 spiro atoms. The van der Waals surface area contributed by atoms with Gasteiger partial charge in [-0.1, -0.05) is 23.7 Å². The van der Waals surface area contributed by atoms with Gasteiger partial charge in [0.15, 0.2) is 0 Å². The van der Waals surface area contributed by atoms with Gasteiger partial charge in [0, 0.05) is 31.7 Å². The molecular formula is C22H27ClN4O. The van der Waals surface area contributed by atoms with Gasteiger partial charge in [-0.05, 0) is 55.4 Å². The summed E-state index contributed by atoms with van der Waals surface area (Å²) in [4.78, 5) is 9.86. The Morgan fingerprint density at radius 1 is 0.964 bits per heavy atom. The lowest BCUT2D eigenvalue weighted by atomic mass is 10.2. The highest BCUT2D eigenvalue weighted by atomic mass is 35.5. The molecule has 1 aliphatic heterocycles. The molecule has 2 heterocycles. The Morgan fingerprint density at radius 2 is 1.68 bits per heavy atom. The normalized spacial score (nSPS) is 16.4. The van der Waals surface area contributed by atoms with Gasteiger partial charge in [-0.3, -0.25) is 9.80 Å². The van der Waals surface area contributed by atoms with Crippen LogP contribution in [0.4, 0.5) is 0 Å². The van der Waals surface area contributed by atoms with Crippen molar-refractivity contribution in [3.8, 4) is 5.75 Å². The van der Waals surface area contributed by atoms with Gasteiger partial charge in [0.2, 0.25) is 0 Å². The summed E-state index contributed by atoms with van der Waals surface area (Å²) in [5, 5.41) is 0.737. The van der Waals surface area contributed by atoms with Crippen LogP contribution >= 0.6 is 11.6 Å². The fourth-order valence-corrected chi connectivity index (χ4v) is 4.06. The van der Waals surface area contributed by atoms with E-state index in [1.165, 1.54) is 12.0 Å². The molecule has 0 radical (unpaired) electrons. The molecule has 0 bridgehead atoms. The molecule has 1 fully saturated rings. The largest absolute Gasteiger partial charge is 0.497 e. The number of hydrogen-bond acceptors (Lipinski definition) is 4. The standard InChI is InChI=1S/C22H27ClN4O/c1-25-21-9-6-18(23)14-20(21)24-22(25)16-27-11-3-10-26(12-13-27)15-17-4-7-19(28-2)8-5-17/h4-9,14H,3,10-13,15-16H2,1-2H3. The second kappa shape index (κ2) is 8.52. The maximum absolute atomic E-state index is 6.12. The van der Waals surface area contributed by atoms with Gasteiger partial charge in [-0.2, -0.15) is 0 Å². The third-order valence-corrected chi connectivity index (χ3v) is 5.78. The highest BCUT2D eigenvalue weighted by molar-refractivity contribution is 6.31. The maximum atomic E-state index is 6.12. The number of aryl methyl sites for hydroxylation is 1. The monoisotopic (exact) mass is 398 g/mol. The average molecular weight is 399 g/mol. The molecule has 1 aliphatic rings. The van der Waals surface area contributed by atoms with Crippen LogP contribution in [-0.2, 0) is 20.1 Å². The minimum absolute atomic E-state index is 0.737. The van der Waals surface area contributed by atoms with Gasteiger partial charge < -0.3 is 9.30 Å². The summed E-state index contributed by atoms with van der Waals surface area (Å²) in [7, 11) is 3.80. The Bertz CT molecular complexity index is 938. The van der Waals surface area contributed by atoms with E-state index in [2.05, 4.69) is 33.5 Å². The molecule has 0 unspecified atom stereocenters. The van der Waals surface area contributed by atoms with Gasteiger partial charge in [-0.25, -0.2) is 4.98 Å². The predicted molar refractivity (Wildman–Crippen MR) is 114 cm³/mol. The van der Waals surface area contributed by atoms with Crippen molar-refractivity contribution in [2.45, 2.75) is 19.5 Å². The molecule has 0 saturated carbocycles. The molecule has 0 atom stereocenters. The topological polar surface area (TPSA) is 33.5 Å². The van der Waals surface area contributed by atoms with Gasteiger partial charge >= 0.3 is 0 Å². The third-order valence-electron chi connectivity index (χ3n) is 5.55. The zero-order chi connectivity index (χ0) is 19.5. The Hall–Kier alpha value is -2.08. The summed E-state index contributed by atoms with van der Waals surface area (Å²) in [5.74, 6) is 2.01. The first-order valence-corrected chi connectivity index (χ1v) is 10.2. The average Bonchev–Trinajstić information content (AvgIpc) is 2.86. The van der Waals surface area contributed by atoms with Crippen molar-refractivity contribution < 1.29 is 4.74 Å². The summed E-state index contributed by atoms with van der Waals surface area (Å²) >= 11 is 6.12. The number of rotatable bonds is 5. The Kier molecular flexibility index (Phi) is 5.85. The zero-order valence-electron chi connectivity index (χ0n) is 16.6. The zero-order valence-corrected chi connectivity index (χ0v) is 17.3. The molecule has 3 aromatic rings. The van der Waals surface area contributed by atoms with E-state index in [1.807, 2.05) is 30.3 Å². The van der Waals surface area contributed by atoms with Crippen molar-refractivity contribution in [1.29, 1.82) is 0 Å². The summed E-state index contributed by atoms with van der Waals surface area (Å²) in [5.41, 5.74) is 3.44. The van der Waals surface area contributed by atoms with Crippen molar-refractivity contribution in [2.75, 3.05) is 33.3 Å². The summed E-state index contributed by atoms with van der Waals surface area (Å²) < 4.78 is 7.44. The molecule has 6 heteroatoms. The minimum Gasteiger partial charge on any atom is -0.497 e. The van der Waals surface area contributed by atoms with Crippen molar-refractivity contribution in [2.24, 2.45) is 7.05 Å². The van der Waals surface area contributed by atoms with Gasteiger partial charge in [-0.15, -0.1) is 0 Å². The maximum Gasteiger partial charge on any atom is 0.123 e. The Morgan fingerprint density at radius 3 is 2.39 bits per heavy atom. The van der Waals surface area contributed by atoms with E-state index in [9.17, 15) is 0 Å². The van der Waals surface area contributed by atoms with Crippen LogP contribution in [-0.4, -0.2) is 52.6 Å². The minimum atomic E-state index is 0.737. The molecule has 28 heavy (non-hydrogen) atoms. The van der Waals surface area contributed by atoms with E-state index in [0.29, 0.717) is 0 Å². The van der Waals surface area contributed by atoms with E-state index in [4.69, 9.17) is 21.3 Å². The molecule has 0 N–H and O–H groups in total. The van der Waals surface area contributed by atoms with Gasteiger partial charge in [0.1, 0.15) is 11.6 Å². The first kappa shape index (κ1) is 19.2. The lowest BCUT2D eigenvalue weighted by Crippen LogP contribution is -2.31. The van der Waals surface area contributed by atoms with Crippen LogP contribution in [0.2, 0.25) is 5.02 Å². The van der Waals surface area contributed by atoms with Crippen LogP contribution in [0.3, 0.4) is 0 Å². The Labute approximate surface area is 171 Å². The molecule has 148 valence electrons. The van der Waals surface area contributed by atoms with E-state index in [-0.39, 0.29) is 0 Å². The highest BCUT2D eigenvalue weighted by Gasteiger charge is 2.18. The molecule has 2 aromatic carbocycles. The first-order valence-electron chi connectivity index (χ1n) is 9.81. The number of aromatic nitrogens is 2. The van der Waals surface area contributed by atoms with Crippen molar-refractivity contribution >= 4 is 22.6 Å². The summed E-state index contributed by atoms with van der Waals surface area (Å²) in [6.45, 7) is 6.22. The SMILES string of the molecule is COc1ccc(CN2CCCN(Cc3nc4cc(Cl)ccc4n3C)CC2)cc1. The summed E-state index contributed by atoms with van der Waals surface area (Å²) in [6, 6.07) is 14.3. The fourth-order valence-electron chi connectivity index (χ4n) is 3.89. The van der Waals surface area contributed by atoms with E-state index < -0.39 is 0 Å². The smallest absolute Gasteiger partial charge is 0.123 e. The number of halogens is 1. The number of imidazole rings is 1. The molecule has 0 amide bonds. The van der Waals surface area contributed by atoms with Crippen LogP contribution in [0.5, 0.6) is 5.75 Å². The molecule has 5 nitrogen and oxygen atoms in total. The van der Waals surface area contributed by atoms with E-state index >= 15 is 0 Å². The first-order chi connectivity index (χ1) is 13.6. The summed E-state index contributed by atoms with van der Waals surface area (Å²) in [6.07, 6.45) is 1.17. The van der Waals surface area contributed by atoms with Crippen molar-refractivity contribution in [3.05, 3.63) is 58.9 Å². The van der Waals surface area contributed by atoms with Gasteiger partial charge in [0.25, 0.3) is 0 Å². The number of ether oxygens (including phenoxy) is 1. The van der Waals surface area contributed by atoms with E-state index in [1.54, 1.807) is 7.11 Å². The van der Waals surface area contributed by atoms with E-state index in [0.717, 1.165) is 66.9 Å². The van der Waals surface area contributed by atoms with Crippen molar-refractivity contribution in [1.82, 2.24) is 19.4 Å². The molecule has 1 aromatic heterocycles. The quantitative estimate of drug-likeness (QED) is 0.651. The molecule has 0 aliphatic carbocycles. The second-order valence-corrected chi connectivity index (χ2v) is 7.91. The van der Waals surface area contributed by atoms with Crippen LogP contribution in [0.25, 0.3) is 11.0 Å². The lowest BCUT2D eigenvalue weighted by molar-refractivity contribution is 0.242. The fraction of sp³-hybridized carbons (Fsp3) is 0.409. The molecular weight excluding hydrogens is 372 g/mol. The molecule has 1 saturated heterocycles.